The van der Waals surface area contributed by atoms with E-state index in [-0.39, 0.29) is 21.4 Å². The Morgan fingerprint density at radius 2 is 1.81 bits per heavy atom. The summed E-state index contributed by atoms with van der Waals surface area (Å²) in [6.07, 6.45) is 0. The van der Waals surface area contributed by atoms with Crippen molar-refractivity contribution in [1.29, 1.82) is 0 Å². The first kappa shape index (κ1) is 19.7. The number of fused-ring (bicyclic) bond motifs is 1. The predicted molar refractivity (Wildman–Crippen MR) is 107 cm³/mol. The molecule has 0 spiro atoms. The number of benzene rings is 2. The van der Waals surface area contributed by atoms with Crippen LogP contribution in [0.15, 0.2) is 47.4 Å². The number of amides is 1. The molecule has 2 aromatic carbocycles. The summed E-state index contributed by atoms with van der Waals surface area (Å²) in [6, 6.07) is 12.2. The Morgan fingerprint density at radius 1 is 1.11 bits per heavy atom. The van der Waals surface area contributed by atoms with Gasteiger partial charge in [0.2, 0.25) is 10.0 Å². The number of hydrogen-bond donors (Lipinski definition) is 0. The first-order valence-corrected chi connectivity index (χ1v) is 10.3. The fourth-order valence-electron chi connectivity index (χ4n) is 3.08. The second kappa shape index (κ2) is 7.50. The Balaban J connectivity index is 1.97. The molecular formula is C19H22ClN3O3S. The number of rotatable bonds is 3. The molecule has 6 nitrogen and oxygen atoms in total. The molecule has 0 radical (unpaired) electrons. The average molecular weight is 408 g/mol. The maximum Gasteiger partial charge on any atom is 0.255 e. The Bertz CT molecular complexity index is 976. The molecule has 0 aliphatic carbocycles. The van der Waals surface area contributed by atoms with Gasteiger partial charge in [-0.2, -0.15) is 0 Å². The quantitative estimate of drug-likeness (QED) is 0.784. The second-order valence-corrected chi connectivity index (χ2v) is 9.27. The van der Waals surface area contributed by atoms with Gasteiger partial charge < -0.3 is 9.80 Å². The molecule has 0 unspecified atom stereocenters. The maximum absolute atomic E-state index is 13.2. The maximum atomic E-state index is 13.2. The number of halogens is 1. The summed E-state index contributed by atoms with van der Waals surface area (Å²) in [6.45, 7) is 1.64. The SMILES string of the molecule is CN1CCN(C(=O)c2cc(S(=O)(=O)N(C)C)ccc2Cl)Cc2ccccc21. The number of sulfonamides is 1. The zero-order chi connectivity index (χ0) is 19.8. The van der Waals surface area contributed by atoms with Gasteiger partial charge >= 0.3 is 0 Å². The lowest BCUT2D eigenvalue weighted by atomic mass is 10.1. The topological polar surface area (TPSA) is 60.9 Å². The van der Waals surface area contributed by atoms with Crippen LogP contribution in [0.3, 0.4) is 0 Å². The van der Waals surface area contributed by atoms with Gasteiger partial charge in [0.1, 0.15) is 0 Å². The molecule has 1 amide bonds. The van der Waals surface area contributed by atoms with Crippen LogP contribution in [0.4, 0.5) is 5.69 Å². The van der Waals surface area contributed by atoms with E-state index in [1.165, 1.54) is 32.3 Å². The summed E-state index contributed by atoms with van der Waals surface area (Å²) < 4.78 is 25.9. The molecule has 3 rings (SSSR count). The van der Waals surface area contributed by atoms with E-state index in [0.29, 0.717) is 19.6 Å². The number of anilines is 1. The van der Waals surface area contributed by atoms with Crippen molar-refractivity contribution in [2.75, 3.05) is 39.1 Å². The highest BCUT2D eigenvalue weighted by Gasteiger charge is 2.26. The smallest absolute Gasteiger partial charge is 0.255 e. The lowest BCUT2D eigenvalue weighted by molar-refractivity contribution is 0.0751. The van der Waals surface area contributed by atoms with Crippen LogP contribution in [0, 0.1) is 0 Å². The van der Waals surface area contributed by atoms with E-state index in [0.717, 1.165) is 15.6 Å². The highest BCUT2D eigenvalue weighted by molar-refractivity contribution is 7.89. The second-order valence-electron chi connectivity index (χ2n) is 6.71. The van der Waals surface area contributed by atoms with Crippen LogP contribution in [0.1, 0.15) is 15.9 Å². The third-order valence-electron chi connectivity index (χ3n) is 4.70. The van der Waals surface area contributed by atoms with Gasteiger partial charge in [-0.3, -0.25) is 4.79 Å². The normalized spacial score (nSPS) is 14.9. The summed E-state index contributed by atoms with van der Waals surface area (Å²) in [5.41, 5.74) is 2.32. The average Bonchev–Trinajstić information content (AvgIpc) is 2.81. The number of nitrogens with zero attached hydrogens (tertiary/aromatic N) is 3. The van der Waals surface area contributed by atoms with E-state index < -0.39 is 10.0 Å². The van der Waals surface area contributed by atoms with Crippen LogP contribution in [0.2, 0.25) is 5.02 Å². The summed E-state index contributed by atoms with van der Waals surface area (Å²) in [7, 11) is 1.24. The van der Waals surface area contributed by atoms with Gasteiger partial charge in [-0.15, -0.1) is 0 Å². The fourth-order valence-corrected chi connectivity index (χ4v) is 4.20. The fraction of sp³-hybridized carbons (Fsp3) is 0.316. The third kappa shape index (κ3) is 3.81. The van der Waals surface area contributed by atoms with Crippen molar-refractivity contribution in [3.8, 4) is 0 Å². The van der Waals surface area contributed by atoms with E-state index in [4.69, 9.17) is 11.6 Å². The summed E-state index contributed by atoms with van der Waals surface area (Å²) in [5, 5.41) is 0.239. The molecule has 0 fully saturated rings. The van der Waals surface area contributed by atoms with Crippen LogP contribution < -0.4 is 4.90 Å². The van der Waals surface area contributed by atoms with Crippen LogP contribution >= 0.6 is 11.6 Å². The van der Waals surface area contributed by atoms with Crippen molar-refractivity contribution in [3.63, 3.8) is 0 Å². The molecule has 0 atom stereocenters. The number of carbonyl (C=O) groups is 1. The first-order chi connectivity index (χ1) is 12.7. The van der Waals surface area contributed by atoms with Crippen LogP contribution in [-0.2, 0) is 16.6 Å². The molecule has 1 aliphatic rings. The predicted octanol–water partition coefficient (Wildman–Crippen LogP) is 2.68. The van der Waals surface area contributed by atoms with Gasteiger partial charge in [0.05, 0.1) is 15.5 Å². The number of hydrogen-bond acceptors (Lipinski definition) is 4. The summed E-state index contributed by atoms with van der Waals surface area (Å²) in [4.78, 5) is 17.0. The van der Waals surface area contributed by atoms with Gasteiger partial charge in [0, 0.05) is 46.5 Å². The minimum absolute atomic E-state index is 0.0487. The van der Waals surface area contributed by atoms with Crippen molar-refractivity contribution in [1.82, 2.24) is 9.21 Å². The van der Waals surface area contributed by atoms with Gasteiger partial charge in [-0.1, -0.05) is 29.8 Å². The van der Waals surface area contributed by atoms with Crippen molar-refractivity contribution in [2.24, 2.45) is 0 Å². The van der Waals surface area contributed by atoms with Crippen LogP contribution in [-0.4, -0.2) is 57.8 Å². The zero-order valence-corrected chi connectivity index (χ0v) is 17.1. The van der Waals surface area contributed by atoms with E-state index in [1.54, 1.807) is 4.90 Å². The van der Waals surface area contributed by atoms with Crippen molar-refractivity contribution in [2.45, 2.75) is 11.4 Å². The van der Waals surface area contributed by atoms with Crippen LogP contribution in [0.25, 0.3) is 0 Å². The Kier molecular flexibility index (Phi) is 5.46. The lowest BCUT2D eigenvalue weighted by Crippen LogP contribution is -2.34. The van der Waals surface area contributed by atoms with Crippen molar-refractivity contribution >= 4 is 33.2 Å². The molecule has 0 N–H and O–H groups in total. The molecule has 2 aromatic rings. The number of carbonyl (C=O) groups excluding carboxylic acids is 1. The molecule has 27 heavy (non-hydrogen) atoms. The van der Waals surface area contributed by atoms with Gasteiger partial charge in [0.25, 0.3) is 5.91 Å². The molecule has 144 valence electrons. The van der Waals surface area contributed by atoms with E-state index in [9.17, 15) is 13.2 Å². The molecule has 0 bridgehead atoms. The monoisotopic (exact) mass is 407 g/mol. The largest absolute Gasteiger partial charge is 0.373 e. The summed E-state index contributed by atoms with van der Waals surface area (Å²) >= 11 is 6.24. The molecule has 0 saturated heterocycles. The number of likely N-dealkylation sites (N-methyl/N-ethyl adjacent to an activating group) is 1. The Labute approximate surface area is 165 Å². The minimum atomic E-state index is -3.65. The standard InChI is InChI=1S/C19H22ClN3O3S/c1-21(2)27(25,26)15-8-9-17(20)16(12-15)19(24)23-11-10-22(3)18-7-5-4-6-14(18)13-23/h4-9,12H,10-11,13H2,1-3H3. The molecule has 0 saturated carbocycles. The van der Waals surface area contributed by atoms with E-state index in [2.05, 4.69) is 4.90 Å². The van der Waals surface area contributed by atoms with Crippen molar-refractivity contribution in [3.05, 3.63) is 58.6 Å². The Hall–Kier alpha value is -2.09. The van der Waals surface area contributed by atoms with E-state index in [1.807, 2.05) is 31.3 Å². The molecule has 8 heteroatoms. The number of para-hydroxylation sites is 1. The molecule has 0 aromatic heterocycles. The molecule has 1 heterocycles. The van der Waals surface area contributed by atoms with E-state index >= 15 is 0 Å². The minimum Gasteiger partial charge on any atom is -0.373 e. The summed E-state index contributed by atoms with van der Waals surface area (Å²) in [5.74, 6) is -0.277. The lowest BCUT2D eigenvalue weighted by Gasteiger charge is -2.22. The zero-order valence-electron chi connectivity index (χ0n) is 15.5. The Morgan fingerprint density at radius 3 is 2.52 bits per heavy atom. The molecular weight excluding hydrogens is 386 g/mol. The van der Waals surface area contributed by atoms with Crippen LogP contribution in [0.5, 0.6) is 0 Å². The highest BCUT2D eigenvalue weighted by atomic mass is 35.5. The van der Waals surface area contributed by atoms with Crippen molar-refractivity contribution < 1.29 is 13.2 Å². The molecule has 1 aliphatic heterocycles. The van der Waals surface area contributed by atoms with Gasteiger partial charge in [-0.25, -0.2) is 12.7 Å². The van der Waals surface area contributed by atoms with Gasteiger partial charge in [0.15, 0.2) is 0 Å². The first-order valence-electron chi connectivity index (χ1n) is 8.52. The highest BCUT2D eigenvalue weighted by Crippen LogP contribution is 2.27. The van der Waals surface area contributed by atoms with Gasteiger partial charge in [-0.05, 0) is 29.8 Å². The third-order valence-corrected chi connectivity index (χ3v) is 6.84.